The number of aryl methyl sites for hydroxylation is 1. The van der Waals surface area contributed by atoms with Crippen LogP contribution in [0.3, 0.4) is 0 Å². The SMILES string of the molecule is Cc1ccc(Cc2noc(Cn3ccn4nc(-c5cccc(F)c5)c(CO)c4c3=O)n2)cc1. The van der Waals surface area contributed by atoms with Crippen LogP contribution in [0.2, 0.25) is 0 Å². The lowest BCUT2D eigenvalue weighted by atomic mass is 10.1. The van der Waals surface area contributed by atoms with Crippen molar-refractivity contribution in [3.05, 3.63) is 106 Å². The first kappa shape index (κ1) is 20.8. The van der Waals surface area contributed by atoms with Crippen molar-refractivity contribution in [2.75, 3.05) is 0 Å². The van der Waals surface area contributed by atoms with Crippen LogP contribution in [0.4, 0.5) is 4.39 Å². The molecular formula is C24H20FN5O3. The predicted octanol–water partition coefficient (Wildman–Crippen LogP) is 3.12. The summed E-state index contributed by atoms with van der Waals surface area (Å²) < 4.78 is 21.8. The van der Waals surface area contributed by atoms with E-state index in [1.54, 1.807) is 24.5 Å². The molecule has 0 amide bonds. The molecule has 0 spiro atoms. The molecule has 3 heterocycles. The van der Waals surface area contributed by atoms with E-state index in [2.05, 4.69) is 15.2 Å². The number of rotatable bonds is 6. The molecule has 0 radical (unpaired) electrons. The monoisotopic (exact) mass is 445 g/mol. The minimum atomic E-state index is -0.427. The third kappa shape index (κ3) is 4.06. The summed E-state index contributed by atoms with van der Waals surface area (Å²) in [6.07, 6.45) is 3.68. The maximum Gasteiger partial charge on any atom is 0.277 e. The van der Waals surface area contributed by atoms with E-state index in [1.165, 1.54) is 26.8 Å². The van der Waals surface area contributed by atoms with Crippen molar-refractivity contribution < 1.29 is 14.0 Å². The van der Waals surface area contributed by atoms with Crippen LogP contribution in [0.1, 0.15) is 28.4 Å². The number of aliphatic hydroxyl groups is 1. The second-order valence-electron chi connectivity index (χ2n) is 7.79. The zero-order valence-electron chi connectivity index (χ0n) is 17.8. The van der Waals surface area contributed by atoms with Gasteiger partial charge in [0.25, 0.3) is 5.56 Å². The van der Waals surface area contributed by atoms with Gasteiger partial charge in [-0.1, -0.05) is 47.1 Å². The Hall–Kier alpha value is -4.11. The van der Waals surface area contributed by atoms with Gasteiger partial charge in [0.2, 0.25) is 5.89 Å². The lowest BCUT2D eigenvalue weighted by Crippen LogP contribution is -2.22. The number of nitrogens with zero attached hydrogens (tertiary/aromatic N) is 5. The summed E-state index contributed by atoms with van der Waals surface area (Å²) in [5, 5.41) is 18.4. The number of hydrogen-bond donors (Lipinski definition) is 1. The Morgan fingerprint density at radius 2 is 1.94 bits per heavy atom. The molecule has 0 saturated carbocycles. The van der Waals surface area contributed by atoms with Gasteiger partial charge in [0, 0.05) is 29.9 Å². The normalized spacial score (nSPS) is 11.4. The molecule has 5 aromatic rings. The number of fused-ring (bicyclic) bond motifs is 1. The summed E-state index contributed by atoms with van der Waals surface area (Å²) in [6.45, 7) is 1.67. The molecule has 8 nitrogen and oxygen atoms in total. The Morgan fingerprint density at radius 3 is 2.70 bits per heavy atom. The van der Waals surface area contributed by atoms with Crippen molar-refractivity contribution in [2.45, 2.75) is 26.5 Å². The molecule has 166 valence electrons. The van der Waals surface area contributed by atoms with Crippen molar-refractivity contribution in [2.24, 2.45) is 0 Å². The molecule has 0 fully saturated rings. The predicted molar refractivity (Wildman–Crippen MR) is 118 cm³/mol. The van der Waals surface area contributed by atoms with Gasteiger partial charge in [0.05, 0.1) is 12.3 Å². The standard InChI is InChI=1S/C24H20FN5O3/c1-15-5-7-16(8-6-15)11-20-26-21(33-28-20)13-29-9-10-30-23(24(29)32)19(14-31)22(27-30)17-3-2-4-18(25)12-17/h2-10,12,31H,11,13-14H2,1H3. The Morgan fingerprint density at radius 1 is 1.12 bits per heavy atom. The molecular weight excluding hydrogens is 425 g/mol. The average Bonchev–Trinajstić information content (AvgIpc) is 3.41. The van der Waals surface area contributed by atoms with Gasteiger partial charge in [0.15, 0.2) is 5.82 Å². The smallest absolute Gasteiger partial charge is 0.277 e. The van der Waals surface area contributed by atoms with Crippen molar-refractivity contribution >= 4 is 5.52 Å². The average molecular weight is 445 g/mol. The molecule has 3 aromatic heterocycles. The van der Waals surface area contributed by atoms with E-state index in [1.807, 2.05) is 31.2 Å². The van der Waals surface area contributed by atoms with E-state index in [4.69, 9.17) is 4.52 Å². The lowest BCUT2D eigenvalue weighted by Gasteiger charge is -2.03. The summed E-state index contributed by atoms with van der Waals surface area (Å²) in [6, 6.07) is 13.9. The van der Waals surface area contributed by atoms with Crippen LogP contribution in [-0.4, -0.2) is 29.4 Å². The second-order valence-corrected chi connectivity index (χ2v) is 7.79. The van der Waals surface area contributed by atoms with Crippen LogP contribution < -0.4 is 5.56 Å². The molecule has 2 aromatic carbocycles. The van der Waals surface area contributed by atoms with Crippen molar-refractivity contribution in [3.63, 3.8) is 0 Å². The first-order valence-corrected chi connectivity index (χ1v) is 10.4. The van der Waals surface area contributed by atoms with E-state index in [0.29, 0.717) is 35.0 Å². The maximum absolute atomic E-state index is 13.7. The summed E-state index contributed by atoms with van der Waals surface area (Å²) in [5.41, 5.74) is 3.21. The van der Waals surface area contributed by atoms with Crippen LogP contribution in [0.25, 0.3) is 16.8 Å². The van der Waals surface area contributed by atoms with E-state index in [-0.39, 0.29) is 17.6 Å². The fourth-order valence-electron chi connectivity index (χ4n) is 3.75. The van der Waals surface area contributed by atoms with Crippen LogP contribution in [0.15, 0.2) is 70.2 Å². The summed E-state index contributed by atoms with van der Waals surface area (Å²) in [5.74, 6) is 0.388. The molecule has 1 N–H and O–H groups in total. The zero-order valence-corrected chi connectivity index (χ0v) is 17.8. The van der Waals surface area contributed by atoms with Gasteiger partial charge < -0.3 is 14.2 Å². The fraction of sp³-hybridized carbons (Fsp3) is 0.167. The molecule has 0 aliphatic carbocycles. The Bertz CT molecular complexity index is 1500. The molecule has 5 rings (SSSR count). The fourth-order valence-corrected chi connectivity index (χ4v) is 3.75. The summed E-state index contributed by atoms with van der Waals surface area (Å²) in [4.78, 5) is 17.6. The van der Waals surface area contributed by atoms with E-state index >= 15 is 0 Å². The van der Waals surface area contributed by atoms with Crippen molar-refractivity contribution in [3.8, 4) is 11.3 Å². The van der Waals surface area contributed by atoms with Crippen molar-refractivity contribution in [1.82, 2.24) is 24.3 Å². The van der Waals surface area contributed by atoms with Gasteiger partial charge in [-0.2, -0.15) is 10.1 Å². The third-order valence-electron chi connectivity index (χ3n) is 5.41. The number of benzene rings is 2. The van der Waals surface area contributed by atoms with Gasteiger partial charge in [0.1, 0.15) is 17.9 Å². The highest BCUT2D eigenvalue weighted by Crippen LogP contribution is 2.25. The van der Waals surface area contributed by atoms with E-state index in [9.17, 15) is 14.3 Å². The number of hydrogen-bond acceptors (Lipinski definition) is 6. The molecule has 0 aliphatic rings. The summed E-state index contributed by atoms with van der Waals surface area (Å²) >= 11 is 0. The first-order valence-electron chi connectivity index (χ1n) is 10.4. The first-order chi connectivity index (χ1) is 16.0. The Balaban J connectivity index is 1.46. The molecule has 0 saturated heterocycles. The highest BCUT2D eigenvalue weighted by Gasteiger charge is 2.19. The topological polar surface area (TPSA) is 98.5 Å². The number of aromatic nitrogens is 5. The molecule has 9 heteroatoms. The van der Waals surface area contributed by atoms with Crippen LogP contribution in [0.5, 0.6) is 0 Å². The maximum atomic E-state index is 13.7. The van der Waals surface area contributed by atoms with Gasteiger partial charge in [-0.05, 0) is 24.6 Å². The zero-order chi connectivity index (χ0) is 22.9. The number of halogens is 1. The number of aliphatic hydroxyl groups excluding tert-OH is 1. The molecule has 0 aliphatic heterocycles. The molecule has 0 atom stereocenters. The van der Waals surface area contributed by atoms with Crippen LogP contribution >= 0.6 is 0 Å². The van der Waals surface area contributed by atoms with Gasteiger partial charge in [-0.15, -0.1) is 0 Å². The van der Waals surface area contributed by atoms with E-state index < -0.39 is 12.4 Å². The highest BCUT2D eigenvalue weighted by atomic mass is 19.1. The molecule has 33 heavy (non-hydrogen) atoms. The minimum Gasteiger partial charge on any atom is -0.392 e. The van der Waals surface area contributed by atoms with Crippen molar-refractivity contribution in [1.29, 1.82) is 0 Å². The largest absolute Gasteiger partial charge is 0.392 e. The molecule has 0 unspecified atom stereocenters. The van der Waals surface area contributed by atoms with Gasteiger partial charge in [-0.3, -0.25) is 4.79 Å². The van der Waals surface area contributed by atoms with Gasteiger partial charge >= 0.3 is 0 Å². The van der Waals surface area contributed by atoms with Gasteiger partial charge in [-0.25, -0.2) is 8.91 Å². The quantitative estimate of drug-likeness (QED) is 0.431. The van der Waals surface area contributed by atoms with E-state index in [0.717, 1.165) is 5.56 Å². The Labute approximate surface area is 187 Å². The lowest BCUT2D eigenvalue weighted by molar-refractivity contribution is 0.283. The van der Waals surface area contributed by atoms with Crippen LogP contribution in [-0.2, 0) is 19.6 Å². The minimum absolute atomic E-state index is 0.0710. The summed E-state index contributed by atoms with van der Waals surface area (Å²) in [7, 11) is 0. The second kappa shape index (κ2) is 8.44. The Kier molecular flexibility index (Phi) is 5.31. The highest BCUT2D eigenvalue weighted by molar-refractivity contribution is 5.72. The third-order valence-corrected chi connectivity index (χ3v) is 5.41. The van der Waals surface area contributed by atoms with Crippen LogP contribution in [0, 0.1) is 12.7 Å². The molecule has 0 bridgehead atoms.